The van der Waals surface area contributed by atoms with Gasteiger partial charge in [0, 0.05) is 0 Å². The van der Waals surface area contributed by atoms with Crippen LogP contribution in [0.2, 0.25) is 0 Å². The molecule has 2 amide bonds. The second-order valence-electron chi connectivity index (χ2n) is 2.53. The van der Waals surface area contributed by atoms with Gasteiger partial charge in [-0.25, -0.2) is 0 Å². The molecule has 0 aromatic heterocycles. The van der Waals surface area contributed by atoms with Crippen molar-refractivity contribution >= 4 is 25.1 Å². The predicted octanol–water partition coefficient (Wildman–Crippen LogP) is -1.32. The molecule has 1 rings (SSSR count). The molecule has 0 fully saturated rings. The Kier molecular flexibility index (Phi) is 2.37. The summed E-state index contributed by atoms with van der Waals surface area (Å²) in [6.07, 6.45) is 0. The number of primary amides is 2. The van der Waals surface area contributed by atoms with Crippen LogP contribution in [0.25, 0.3) is 0 Å². The van der Waals surface area contributed by atoms with E-state index in [0.29, 0.717) is 5.46 Å². The Labute approximate surface area is 76.3 Å². The van der Waals surface area contributed by atoms with Crippen LogP contribution < -0.4 is 16.9 Å². The van der Waals surface area contributed by atoms with Crippen molar-refractivity contribution in [1.29, 1.82) is 0 Å². The van der Waals surface area contributed by atoms with Crippen LogP contribution >= 0.6 is 0 Å². The molecule has 0 spiro atoms. The summed E-state index contributed by atoms with van der Waals surface area (Å²) in [5, 5.41) is 0. The van der Waals surface area contributed by atoms with E-state index < -0.39 is 11.8 Å². The van der Waals surface area contributed by atoms with Crippen molar-refractivity contribution in [3.63, 3.8) is 0 Å². The maximum atomic E-state index is 10.8. The first-order valence-electron chi connectivity index (χ1n) is 3.51. The molecular weight excluding hydrogens is 167 g/mol. The van der Waals surface area contributed by atoms with Gasteiger partial charge in [-0.1, -0.05) is 17.6 Å². The Morgan fingerprint density at radius 3 is 2.08 bits per heavy atom. The third-order valence-corrected chi connectivity index (χ3v) is 1.57. The van der Waals surface area contributed by atoms with Gasteiger partial charge in [0.05, 0.1) is 11.1 Å². The number of hydrogen-bond donors (Lipinski definition) is 2. The lowest BCUT2D eigenvalue weighted by Crippen LogP contribution is -2.22. The SMILES string of the molecule is [B]c1ccc(C(N)=O)c(C(N)=O)c1. The highest BCUT2D eigenvalue weighted by Gasteiger charge is 2.11. The fourth-order valence-corrected chi connectivity index (χ4v) is 0.981. The molecular formula is C8H7BN2O2. The van der Waals surface area contributed by atoms with Crippen LogP contribution in [0.15, 0.2) is 18.2 Å². The van der Waals surface area contributed by atoms with E-state index in [2.05, 4.69) is 0 Å². The molecule has 4 nitrogen and oxygen atoms in total. The number of benzene rings is 1. The van der Waals surface area contributed by atoms with Crippen LogP contribution in [0, 0.1) is 0 Å². The Hall–Kier alpha value is -1.78. The molecule has 2 radical (unpaired) electrons. The first kappa shape index (κ1) is 9.31. The van der Waals surface area contributed by atoms with Crippen molar-refractivity contribution in [3.8, 4) is 0 Å². The summed E-state index contributed by atoms with van der Waals surface area (Å²) in [5.41, 5.74) is 10.5. The third-order valence-electron chi connectivity index (χ3n) is 1.57. The zero-order valence-corrected chi connectivity index (χ0v) is 6.78. The van der Waals surface area contributed by atoms with Crippen molar-refractivity contribution < 1.29 is 9.59 Å². The van der Waals surface area contributed by atoms with E-state index in [1.807, 2.05) is 0 Å². The second-order valence-corrected chi connectivity index (χ2v) is 2.53. The average molecular weight is 174 g/mol. The molecule has 0 bridgehead atoms. The first-order valence-corrected chi connectivity index (χ1v) is 3.51. The van der Waals surface area contributed by atoms with E-state index in [1.54, 1.807) is 0 Å². The van der Waals surface area contributed by atoms with Crippen molar-refractivity contribution in [2.24, 2.45) is 11.5 Å². The monoisotopic (exact) mass is 174 g/mol. The van der Waals surface area contributed by atoms with Crippen LogP contribution in [0.3, 0.4) is 0 Å². The smallest absolute Gasteiger partial charge is 0.249 e. The van der Waals surface area contributed by atoms with Gasteiger partial charge in [0.15, 0.2) is 0 Å². The molecule has 64 valence electrons. The van der Waals surface area contributed by atoms with Gasteiger partial charge in [0.1, 0.15) is 7.85 Å². The Morgan fingerprint density at radius 2 is 1.62 bits per heavy atom. The molecule has 1 aromatic carbocycles. The van der Waals surface area contributed by atoms with E-state index >= 15 is 0 Å². The lowest BCUT2D eigenvalue weighted by molar-refractivity contribution is 0.0967. The van der Waals surface area contributed by atoms with Crippen molar-refractivity contribution in [3.05, 3.63) is 29.3 Å². The van der Waals surface area contributed by atoms with Crippen LogP contribution in [-0.4, -0.2) is 19.7 Å². The van der Waals surface area contributed by atoms with Gasteiger partial charge in [-0.05, 0) is 6.07 Å². The molecule has 0 heterocycles. The lowest BCUT2D eigenvalue weighted by Gasteiger charge is -2.03. The quantitative estimate of drug-likeness (QED) is 0.544. The summed E-state index contributed by atoms with van der Waals surface area (Å²) < 4.78 is 0. The van der Waals surface area contributed by atoms with Crippen LogP contribution in [0.5, 0.6) is 0 Å². The lowest BCUT2D eigenvalue weighted by atomic mass is 9.91. The molecule has 0 aliphatic rings. The van der Waals surface area contributed by atoms with Crippen molar-refractivity contribution in [1.82, 2.24) is 0 Å². The van der Waals surface area contributed by atoms with E-state index in [0.717, 1.165) is 0 Å². The fraction of sp³-hybridized carbons (Fsp3) is 0. The maximum Gasteiger partial charge on any atom is 0.249 e. The minimum absolute atomic E-state index is 0.0486. The van der Waals surface area contributed by atoms with Gasteiger partial charge in [-0.15, -0.1) is 0 Å². The zero-order valence-electron chi connectivity index (χ0n) is 6.78. The highest BCUT2D eigenvalue weighted by atomic mass is 16.2. The zero-order chi connectivity index (χ0) is 10.0. The summed E-state index contributed by atoms with van der Waals surface area (Å²) in [7, 11) is 5.41. The molecule has 5 heteroatoms. The normalized spacial score (nSPS) is 9.54. The maximum absolute atomic E-state index is 10.8. The summed E-state index contributed by atoms with van der Waals surface area (Å²) in [6, 6.07) is 4.17. The molecule has 0 atom stereocenters. The minimum atomic E-state index is -0.721. The Balaban J connectivity index is 3.35. The highest BCUT2D eigenvalue weighted by Crippen LogP contribution is 2.04. The molecule has 1 aromatic rings. The van der Waals surface area contributed by atoms with Gasteiger partial charge in [0.2, 0.25) is 11.8 Å². The van der Waals surface area contributed by atoms with E-state index in [4.69, 9.17) is 19.3 Å². The molecule has 0 saturated carbocycles. The molecule has 13 heavy (non-hydrogen) atoms. The largest absolute Gasteiger partial charge is 0.366 e. The minimum Gasteiger partial charge on any atom is -0.366 e. The van der Waals surface area contributed by atoms with Crippen molar-refractivity contribution in [2.75, 3.05) is 0 Å². The van der Waals surface area contributed by atoms with Gasteiger partial charge in [-0.2, -0.15) is 0 Å². The van der Waals surface area contributed by atoms with Gasteiger partial charge in [-0.3, -0.25) is 9.59 Å². The number of nitrogens with two attached hydrogens (primary N) is 2. The summed E-state index contributed by atoms with van der Waals surface area (Å²) >= 11 is 0. The molecule has 0 aliphatic heterocycles. The van der Waals surface area contributed by atoms with E-state index in [-0.39, 0.29) is 11.1 Å². The first-order chi connectivity index (χ1) is 6.02. The number of rotatable bonds is 2. The fourth-order valence-electron chi connectivity index (χ4n) is 0.981. The van der Waals surface area contributed by atoms with Gasteiger partial charge in [0.25, 0.3) is 0 Å². The van der Waals surface area contributed by atoms with Crippen LogP contribution in [0.1, 0.15) is 20.7 Å². The number of carbonyl (C=O) groups is 2. The Morgan fingerprint density at radius 1 is 1.08 bits per heavy atom. The predicted molar refractivity (Wildman–Crippen MR) is 48.9 cm³/mol. The average Bonchev–Trinajstić information content (AvgIpc) is 2.03. The molecule has 0 aliphatic carbocycles. The summed E-state index contributed by atoms with van der Waals surface area (Å²) in [5.74, 6) is -1.42. The number of amides is 2. The van der Waals surface area contributed by atoms with Gasteiger partial charge >= 0.3 is 0 Å². The van der Waals surface area contributed by atoms with Crippen LogP contribution in [0.4, 0.5) is 0 Å². The Bertz CT molecular complexity index is 376. The van der Waals surface area contributed by atoms with Crippen molar-refractivity contribution in [2.45, 2.75) is 0 Å². The summed E-state index contributed by atoms with van der Waals surface area (Å²) in [4.78, 5) is 21.6. The second kappa shape index (κ2) is 3.31. The molecule has 0 saturated heterocycles. The number of carbonyl (C=O) groups excluding carboxylic acids is 2. The molecule has 4 N–H and O–H groups in total. The van der Waals surface area contributed by atoms with Gasteiger partial charge < -0.3 is 11.5 Å². The highest BCUT2D eigenvalue weighted by molar-refractivity contribution is 6.33. The topological polar surface area (TPSA) is 86.2 Å². The van der Waals surface area contributed by atoms with Crippen LogP contribution in [-0.2, 0) is 0 Å². The van der Waals surface area contributed by atoms with E-state index in [9.17, 15) is 9.59 Å². The number of hydrogen-bond acceptors (Lipinski definition) is 2. The molecule has 0 unspecified atom stereocenters. The third kappa shape index (κ3) is 1.87. The standard InChI is InChI=1S/C8H7BN2O2/c9-4-1-2-5(7(10)12)6(3-4)8(11)13/h1-3H,(H2,10,12)(H2,11,13). The summed E-state index contributed by atoms with van der Waals surface area (Å²) in [6.45, 7) is 0. The van der Waals surface area contributed by atoms with E-state index in [1.165, 1.54) is 18.2 Å².